The third kappa shape index (κ3) is 7.08. The molecule has 0 fully saturated rings. The summed E-state index contributed by atoms with van der Waals surface area (Å²) < 4.78 is 15.6. The Kier molecular flexibility index (Phi) is 8.42. The first kappa shape index (κ1) is 17.4. The minimum Gasteiger partial charge on any atom is -0.493 e. The van der Waals surface area contributed by atoms with E-state index < -0.39 is 0 Å². The van der Waals surface area contributed by atoms with Gasteiger partial charge in [-0.25, -0.2) is 0 Å². The van der Waals surface area contributed by atoms with E-state index in [2.05, 4.69) is 5.32 Å². The van der Waals surface area contributed by atoms with E-state index in [-0.39, 0.29) is 18.4 Å². The van der Waals surface area contributed by atoms with Crippen molar-refractivity contribution in [2.45, 2.75) is 18.9 Å². The molecule has 1 aromatic rings. The Balaban J connectivity index is 2.46. The van der Waals surface area contributed by atoms with Gasteiger partial charge in [-0.05, 0) is 12.1 Å². The van der Waals surface area contributed by atoms with Crippen LogP contribution in [0, 0.1) is 0 Å². The first-order valence-corrected chi connectivity index (χ1v) is 6.94. The number of benzene rings is 1. The third-order valence-corrected chi connectivity index (χ3v) is 2.89. The second-order valence-corrected chi connectivity index (χ2v) is 4.57. The van der Waals surface area contributed by atoms with Gasteiger partial charge in [0.1, 0.15) is 5.75 Å². The molecular weight excluding hydrogens is 272 g/mol. The molecule has 0 heterocycles. The molecule has 1 unspecified atom stereocenters. The van der Waals surface area contributed by atoms with Gasteiger partial charge in [0.2, 0.25) is 5.91 Å². The van der Waals surface area contributed by atoms with Gasteiger partial charge in [-0.1, -0.05) is 6.07 Å². The molecule has 0 saturated heterocycles. The molecule has 0 radical (unpaired) electrons. The molecule has 1 aromatic carbocycles. The first-order valence-electron chi connectivity index (χ1n) is 6.94. The maximum Gasteiger partial charge on any atom is 0.227 e. The van der Waals surface area contributed by atoms with E-state index in [9.17, 15) is 4.79 Å². The monoisotopic (exact) mass is 296 g/mol. The SMILES string of the molecule is COCCCOc1cccc(NC(=O)CC(CN)OC)c1. The normalized spacial score (nSPS) is 12.0. The summed E-state index contributed by atoms with van der Waals surface area (Å²) in [6.07, 6.45) is 0.781. The molecule has 1 rings (SSSR count). The number of rotatable bonds is 10. The highest BCUT2D eigenvalue weighted by Crippen LogP contribution is 2.18. The average molecular weight is 296 g/mol. The topological polar surface area (TPSA) is 82.8 Å². The largest absolute Gasteiger partial charge is 0.493 e. The fraction of sp³-hybridized carbons (Fsp3) is 0.533. The molecule has 0 saturated carbocycles. The molecule has 0 bridgehead atoms. The molecule has 6 nitrogen and oxygen atoms in total. The van der Waals surface area contributed by atoms with Crippen LogP contribution in [0.1, 0.15) is 12.8 Å². The Hall–Kier alpha value is -1.63. The number of anilines is 1. The van der Waals surface area contributed by atoms with Gasteiger partial charge in [-0.15, -0.1) is 0 Å². The maximum atomic E-state index is 11.8. The minimum atomic E-state index is -0.265. The van der Waals surface area contributed by atoms with Gasteiger partial charge in [0.05, 0.1) is 19.1 Å². The number of carbonyl (C=O) groups is 1. The zero-order valence-electron chi connectivity index (χ0n) is 12.6. The summed E-state index contributed by atoms with van der Waals surface area (Å²) in [5.74, 6) is 0.579. The molecule has 0 spiro atoms. The molecule has 3 N–H and O–H groups in total. The van der Waals surface area contributed by atoms with Crippen molar-refractivity contribution in [1.29, 1.82) is 0 Å². The maximum absolute atomic E-state index is 11.8. The lowest BCUT2D eigenvalue weighted by Gasteiger charge is -2.13. The van der Waals surface area contributed by atoms with Crippen LogP contribution in [0.25, 0.3) is 0 Å². The van der Waals surface area contributed by atoms with Crippen LogP contribution < -0.4 is 15.8 Å². The molecule has 0 aliphatic carbocycles. The lowest BCUT2D eigenvalue weighted by Crippen LogP contribution is -2.28. The Morgan fingerprint density at radius 1 is 1.33 bits per heavy atom. The van der Waals surface area contributed by atoms with Crippen LogP contribution in [0.15, 0.2) is 24.3 Å². The molecule has 0 aliphatic heterocycles. The van der Waals surface area contributed by atoms with E-state index in [1.54, 1.807) is 20.3 Å². The van der Waals surface area contributed by atoms with Crippen LogP contribution >= 0.6 is 0 Å². The van der Waals surface area contributed by atoms with Crippen LogP contribution in [0.5, 0.6) is 5.75 Å². The molecular formula is C15H24N2O4. The van der Waals surface area contributed by atoms with Crippen LogP contribution in [0.2, 0.25) is 0 Å². The Morgan fingerprint density at radius 3 is 2.81 bits per heavy atom. The van der Waals surface area contributed by atoms with Crippen LogP contribution in [0.4, 0.5) is 5.69 Å². The Bertz CT molecular complexity index is 422. The van der Waals surface area contributed by atoms with Crippen molar-refractivity contribution in [3.8, 4) is 5.75 Å². The number of hydrogen-bond acceptors (Lipinski definition) is 5. The fourth-order valence-corrected chi connectivity index (χ4v) is 1.74. The summed E-state index contributed by atoms with van der Waals surface area (Å²) in [6.45, 7) is 1.55. The summed E-state index contributed by atoms with van der Waals surface area (Å²) >= 11 is 0. The smallest absolute Gasteiger partial charge is 0.227 e. The standard InChI is InChI=1S/C15H24N2O4/c1-19-7-4-8-21-13-6-3-5-12(9-13)17-15(18)10-14(11-16)20-2/h3,5-6,9,14H,4,7-8,10-11,16H2,1-2H3,(H,17,18). The molecule has 21 heavy (non-hydrogen) atoms. The summed E-state index contributed by atoms with van der Waals surface area (Å²) in [4.78, 5) is 11.8. The number of nitrogens with one attached hydrogen (secondary N) is 1. The number of ether oxygens (including phenoxy) is 3. The lowest BCUT2D eigenvalue weighted by molar-refractivity contribution is -0.118. The van der Waals surface area contributed by atoms with Gasteiger partial charge in [-0.2, -0.15) is 0 Å². The van der Waals surface area contributed by atoms with E-state index in [0.717, 1.165) is 6.42 Å². The molecule has 0 aliphatic rings. The first-order chi connectivity index (χ1) is 10.2. The molecule has 1 amide bonds. The van der Waals surface area contributed by atoms with Gasteiger partial charge in [0, 0.05) is 45.5 Å². The Morgan fingerprint density at radius 2 is 2.14 bits per heavy atom. The molecule has 0 aromatic heterocycles. The van der Waals surface area contributed by atoms with Gasteiger partial charge < -0.3 is 25.3 Å². The predicted octanol–water partition coefficient (Wildman–Crippen LogP) is 1.40. The number of amides is 1. The number of carbonyl (C=O) groups excluding carboxylic acids is 1. The number of methoxy groups -OCH3 is 2. The average Bonchev–Trinajstić information content (AvgIpc) is 2.49. The van der Waals surface area contributed by atoms with Crippen LogP contribution in [-0.2, 0) is 14.3 Å². The van der Waals surface area contributed by atoms with Gasteiger partial charge in [0.15, 0.2) is 0 Å². The number of hydrogen-bond donors (Lipinski definition) is 2. The van der Waals surface area contributed by atoms with Crippen molar-refractivity contribution < 1.29 is 19.0 Å². The zero-order chi connectivity index (χ0) is 15.5. The molecule has 1 atom stereocenters. The van der Waals surface area contributed by atoms with Crippen molar-refractivity contribution in [3.05, 3.63) is 24.3 Å². The molecule has 118 valence electrons. The zero-order valence-corrected chi connectivity index (χ0v) is 12.6. The van der Waals surface area contributed by atoms with Crippen LogP contribution in [0.3, 0.4) is 0 Å². The van der Waals surface area contributed by atoms with Crippen molar-refractivity contribution in [3.63, 3.8) is 0 Å². The van der Waals surface area contributed by atoms with E-state index in [0.29, 0.717) is 31.2 Å². The van der Waals surface area contributed by atoms with Crippen molar-refractivity contribution >= 4 is 11.6 Å². The Labute approximate surface area is 125 Å². The van der Waals surface area contributed by atoms with E-state index >= 15 is 0 Å². The van der Waals surface area contributed by atoms with Crippen molar-refractivity contribution in [1.82, 2.24) is 0 Å². The number of nitrogens with two attached hydrogens (primary N) is 1. The van der Waals surface area contributed by atoms with Crippen molar-refractivity contribution in [2.24, 2.45) is 5.73 Å². The second kappa shape index (κ2) is 10.1. The molecule has 6 heteroatoms. The summed E-state index contributed by atoms with van der Waals surface area (Å²) in [6, 6.07) is 7.28. The van der Waals surface area contributed by atoms with E-state index in [1.165, 1.54) is 0 Å². The minimum absolute atomic E-state index is 0.135. The van der Waals surface area contributed by atoms with Crippen molar-refractivity contribution in [2.75, 3.05) is 39.3 Å². The summed E-state index contributed by atoms with van der Waals surface area (Å²) in [5.41, 5.74) is 6.18. The quantitative estimate of drug-likeness (QED) is 0.638. The summed E-state index contributed by atoms with van der Waals surface area (Å²) in [5, 5.41) is 2.80. The fourth-order valence-electron chi connectivity index (χ4n) is 1.74. The highest BCUT2D eigenvalue weighted by Gasteiger charge is 2.11. The van der Waals surface area contributed by atoms with Gasteiger partial charge in [0.25, 0.3) is 0 Å². The highest BCUT2D eigenvalue weighted by molar-refractivity contribution is 5.91. The third-order valence-electron chi connectivity index (χ3n) is 2.89. The lowest BCUT2D eigenvalue weighted by atomic mass is 10.2. The van der Waals surface area contributed by atoms with Gasteiger partial charge in [-0.3, -0.25) is 4.79 Å². The summed E-state index contributed by atoms with van der Waals surface area (Å²) in [7, 11) is 3.20. The van der Waals surface area contributed by atoms with E-state index in [4.69, 9.17) is 19.9 Å². The van der Waals surface area contributed by atoms with Gasteiger partial charge >= 0.3 is 0 Å². The highest BCUT2D eigenvalue weighted by atomic mass is 16.5. The van der Waals surface area contributed by atoms with Crippen LogP contribution in [-0.4, -0.2) is 46.0 Å². The predicted molar refractivity (Wildman–Crippen MR) is 81.5 cm³/mol. The van der Waals surface area contributed by atoms with E-state index in [1.807, 2.05) is 18.2 Å². The second-order valence-electron chi connectivity index (χ2n) is 4.57.